The van der Waals surface area contributed by atoms with E-state index in [1.807, 2.05) is 0 Å². The van der Waals surface area contributed by atoms with Gasteiger partial charge in [-0.2, -0.15) is 0 Å². The van der Waals surface area contributed by atoms with Crippen molar-refractivity contribution in [1.29, 1.82) is 0 Å². The maximum Gasteiger partial charge on any atom is 0.321 e. The van der Waals surface area contributed by atoms with Crippen LogP contribution in [0.15, 0.2) is 0 Å². The maximum atomic E-state index is 11.5. The molecule has 0 aromatic carbocycles. The van der Waals surface area contributed by atoms with Crippen molar-refractivity contribution in [3.05, 3.63) is 0 Å². The molecule has 0 aliphatic carbocycles. The first-order chi connectivity index (χ1) is 9.62. The zero-order valence-electron chi connectivity index (χ0n) is 12.0. The molecule has 0 saturated carbocycles. The Bertz CT molecular complexity index is 497. The molecular weight excluding hydrogens is 324 g/mol. The lowest BCUT2D eigenvalue weighted by Gasteiger charge is -2.05. The number of carbonyl (C=O) groups is 2. The quantitative estimate of drug-likeness (QED) is 0.479. The Morgan fingerprint density at radius 1 is 0.762 bits per heavy atom. The lowest BCUT2D eigenvalue weighted by molar-refractivity contribution is -0.140. The lowest BCUT2D eigenvalue weighted by Crippen LogP contribution is -2.24. The second-order valence-electron chi connectivity index (χ2n) is 4.15. The second-order valence-corrected chi connectivity index (χ2v) is 8.52. The van der Waals surface area contributed by atoms with Gasteiger partial charge >= 0.3 is 11.9 Å². The average molecular weight is 344 g/mol. The molecule has 0 aromatic heterocycles. The predicted octanol–water partition coefficient (Wildman–Crippen LogP) is -0.668. The summed E-state index contributed by atoms with van der Waals surface area (Å²) < 4.78 is 55.2. The zero-order valence-corrected chi connectivity index (χ0v) is 13.7. The molecule has 0 atom stereocenters. The molecule has 0 unspecified atom stereocenters. The van der Waals surface area contributed by atoms with E-state index < -0.39 is 54.6 Å². The summed E-state index contributed by atoms with van der Waals surface area (Å²) in [5.74, 6) is -4.22. The molecule has 0 bridgehead atoms. The van der Waals surface area contributed by atoms with Gasteiger partial charge in [0.2, 0.25) is 0 Å². The Morgan fingerprint density at radius 3 is 1.38 bits per heavy atom. The highest BCUT2D eigenvalue weighted by Crippen LogP contribution is 2.01. The molecule has 0 aliphatic rings. The van der Waals surface area contributed by atoms with Gasteiger partial charge in [0.15, 0.2) is 19.7 Å². The van der Waals surface area contributed by atoms with Crippen molar-refractivity contribution in [2.45, 2.75) is 20.3 Å². The van der Waals surface area contributed by atoms with E-state index in [2.05, 4.69) is 9.47 Å². The molecule has 0 fully saturated rings. The van der Waals surface area contributed by atoms with Crippen molar-refractivity contribution in [3.63, 3.8) is 0 Å². The third kappa shape index (κ3) is 10.2. The minimum absolute atomic E-state index is 0.0717. The number of hydrogen-bond donors (Lipinski definition) is 0. The molecule has 0 saturated heterocycles. The summed E-state index contributed by atoms with van der Waals surface area (Å²) in [7, 11) is -7.44. The Hall–Kier alpha value is -1.16. The first-order valence-electron chi connectivity index (χ1n) is 6.34. The van der Waals surface area contributed by atoms with E-state index in [0.29, 0.717) is 0 Å². The van der Waals surface area contributed by atoms with Gasteiger partial charge in [-0.15, -0.1) is 0 Å². The highest BCUT2D eigenvalue weighted by atomic mass is 32.2. The van der Waals surface area contributed by atoms with Gasteiger partial charge in [0.1, 0.15) is 11.5 Å². The van der Waals surface area contributed by atoms with Gasteiger partial charge in [-0.25, -0.2) is 16.8 Å². The predicted molar refractivity (Wildman–Crippen MR) is 75.2 cm³/mol. The van der Waals surface area contributed by atoms with Crippen LogP contribution >= 0.6 is 0 Å². The molecule has 8 nitrogen and oxygen atoms in total. The number of carbonyl (C=O) groups excluding carboxylic acids is 2. The minimum atomic E-state index is -3.72. The monoisotopic (exact) mass is 344 g/mol. The van der Waals surface area contributed by atoms with E-state index in [-0.39, 0.29) is 19.6 Å². The summed E-state index contributed by atoms with van der Waals surface area (Å²) in [6.07, 6.45) is -0.191. The van der Waals surface area contributed by atoms with Crippen LogP contribution < -0.4 is 0 Å². The molecule has 0 amide bonds. The summed E-state index contributed by atoms with van der Waals surface area (Å²) in [5, 5.41) is 0. The van der Waals surface area contributed by atoms with Crippen LogP contribution in [0.1, 0.15) is 20.3 Å². The molecule has 10 heteroatoms. The fraction of sp³-hybridized carbons (Fsp3) is 0.818. The highest BCUT2D eigenvalue weighted by molar-refractivity contribution is 7.93. The van der Waals surface area contributed by atoms with Crippen LogP contribution in [-0.4, -0.2) is 65.0 Å². The zero-order chi connectivity index (χ0) is 16.5. The molecular formula is C11H20O8S2. The largest absolute Gasteiger partial charge is 0.465 e. The Kier molecular flexibility index (Phi) is 8.48. The summed E-state index contributed by atoms with van der Waals surface area (Å²) >= 11 is 0. The third-order valence-electron chi connectivity index (χ3n) is 2.20. The van der Waals surface area contributed by atoms with Crippen LogP contribution in [0.5, 0.6) is 0 Å². The number of ether oxygens (including phenoxy) is 2. The molecule has 124 valence electrons. The van der Waals surface area contributed by atoms with Crippen LogP contribution in [0.25, 0.3) is 0 Å². The normalized spacial score (nSPS) is 11.9. The molecule has 0 spiro atoms. The number of rotatable bonds is 10. The molecule has 0 aromatic rings. The fourth-order valence-electron chi connectivity index (χ4n) is 1.41. The Labute approximate surface area is 124 Å². The first-order valence-corrected chi connectivity index (χ1v) is 9.98. The van der Waals surface area contributed by atoms with E-state index in [4.69, 9.17) is 0 Å². The van der Waals surface area contributed by atoms with Gasteiger partial charge in [0.05, 0.1) is 24.7 Å². The third-order valence-corrected chi connectivity index (χ3v) is 5.37. The SMILES string of the molecule is CCOC(=O)CS(=O)(=O)CCCS(=O)(=O)CC(=O)OCC. The molecule has 0 rings (SSSR count). The standard InChI is InChI=1S/C11H20O8S2/c1-3-18-10(12)8-20(14,15)6-5-7-21(16,17)9-11(13)19-4-2/h3-9H2,1-2H3. The lowest BCUT2D eigenvalue weighted by atomic mass is 10.6. The summed E-state index contributed by atoms with van der Waals surface area (Å²) in [4.78, 5) is 22.1. The molecule has 21 heavy (non-hydrogen) atoms. The van der Waals surface area contributed by atoms with Crippen LogP contribution in [-0.2, 0) is 38.7 Å². The summed E-state index contributed by atoms with van der Waals surface area (Å²) in [5.41, 5.74) is 0. The number of sulfone groups is 2. The van der Waals surface area contributed by atoms with Gasteiger partial charge in [0, 0.05) is 0 Å². The van der Waals surface area contributed by atoms with E-state index in [1.165, 1.54) is 0 Å². The average Bonchev–Trinajstić information content (AvgIpc) is 2.26. The number of hydrogen-bond acceptors (Lipinski definition) is 8. The van der Waals surface area contributed by atoms with Gasteiger partial charge < -0.3 is 9.47 Å². The molecule has 0 radical (unpaired) electrons. The van der Waals surface area contributed by atoms with E-state index >= 15 is 0 Å². The minimum Gasteiger partial charge on any atom is -0.465 e. The van der Waals surface area contributed by atoms with Gasteiger partial charge in [-0.3, -0.25) is 9.59 Å². The Morgan fingerprint density at radius 2 is 1.10 bits per heavy atom. The van der Waals surface area contributed by atoms with E-state index in [9.17, 15) is 26.4 Å². The van der Waals surface area contributed by atoms with Crippen molar-refractivity contribution in [2.75, 3.05) is 36.2 Å². The topological polar surface area (TPSA) is 121 Å². The van der Waals surface area contributed by atoms with Crippen molar-refractivity contribution in [1.82, 2.24) is 0 Å². The molecule has 0 heterocycles. The summed E-state index contributed by atoms with van der Waals surface area (Å²) in [6.45, 7) is 3.24. The number of esters is 2. The van der Waals surface area contributed by atoms with Crippen molar-refractivity contribution in [2.24, 2.45) is 0 Å². The molecule has 0 N–H and O–H groups in total. The van der Waals surface area contributed by atoms with Crippen molar-refractivity contribution < 1.29 is 35.9 Å². The van der Waals surface area contributed by atoms with Gasteiger partial charge in [-0.1, -0.05) is 0 Å². The first kappa shape index (κ1) is 19.8. The smallest absolute Gasteiger partial charge is 0.321 e. The van der Waals surface area contributed by atoms with Crippen LogP contribution in [0.3, 0.4) is 0 Å². The van der Waals surface area contributed by atoms with Crippen molar-refractivity contribution >= 4 is 31.6 Å². The highest BCUT2D eigenvalue weighted by Gasteiger charge is 2.21. The fourth-order valence-corrected chi connectivity index (χ4v) is 3.93. The maximum absolute atomic E-state index is 11.5. The van der Waals surface area contributed by atoms with E-state index in [0.717, 1.165) is 0 Å². The van der Waals surface area contributed by atoms with Crippen LogP contribution in [0, 0.1) is 0 Å². The van der Waals surface area contributed by atoms with Crippen molar-refractivity contribution in [3.8, 4) is 0 Å². The van der Waals surface area contributed by atoms with Crippen LogP contribution in [0.4, 0.5) is 0 Å². The van der Waals surface area contributed by atoms with Gasteiger partial charge in [0.25, 0.3) is 0 Å². The van der Waals surface area contributed by atoms with Gasteiger partial charge in [-0.05, 0) is 20.3 Å². The summed E-state index contributed by atoms with van der Waals surface area (Å²) in [6, 6.07) is 0. The molecule has 0 aliphatic heterocycles. The second kappa shape index (κ2) is 8.98. The van der Waals surface area contributed by atoms with Crippen LogP contribution in [0.2, 0.25) is 0 Å². The van der Waals surface area contributed by atoms with E-state index in [1.54, 1.807) is 13.8 Å². The Balaban J connectivity index is 4.29.